The highest BCUT2D eigenvalue weighted by Crippen LogP contribution is 2.20. The molecular weight excluding hydrogens is 275 g/mol. The summed E-state index contributed by atoms with van der Waals surface area (Å²) >= 11 is 0. The molecule has 2 aromatic rings. The minimum Gasteiger partial charge on any atom is -0.480 e. The minimum atomic E-state index is -0.873. The van der Waals surface area contributed by atoms with Crippen LogP contribution in [-0.2, 0) is 11.3 Å². The molecule has 2 rings (SSSR count). The molecule has 0 radical (unpaired) electrons. The Morgan fingerprint density at radius 3 is 2.71 bits per heavy atom. The molecule has 0 amide bonds. The first-order valence-electron chi connectivity index (χ1n) is 6.74. The van der Waals surface area contributed by atoms with Gasteiger partial charge in [0, 0.05) is 11.6 Å². The third-order valence-corrected chi connectivity index (χ3v) is 2.98. The van der Waals surface area contributed by atoms with Crippen molar-refractivity contribution in [1.82, 2.24) is 10.1 Å². The standard InChI is InChI=1S/C15H17FN2O3/c1-2-7-18(10-15(19)20)9-13-8-14(17-21-13)11-3-5-12(16)6-4-11/h3-6,8H,2,7,9-10H2,1H3,(H,19,20). The summed E-state index contributed by atoms with van der Waals surface area (Å²) in [6.07, 6.45) is 0.853. The maximum Gasteiger partial charge on any atom is 0.317 e. The van der Waals surface area contributed by atoms with Crippen molar-refractivity contribution in [2.75, 3.05) is 13.1 Å². The van der Waals surface area contributed by atoms with Crippen molar-refractivity contribution < 1.29 is 18.8 Å². The molecule has 0 atom stereocenters. The fraction of sp³-hybridized carbons (Fsp3) is 0.333. The van der Waals surface area contributed by atoms with Crippen molar-refractivity contribution in [2.24, 2.45) is 0 Å². The number of aliphatic carboxylic acids is 1. The van der Waals surface area contributed by atoms with Crippen molar-refractivity contribution in [1.29, 1.82) is 0 Å². The van der Waals surface area contributed by atoms with Gasteiger partial charge in [-0.05, 0) is 37.2 Å². The molecule has 21 heavy (non-hydrogen) atoms. The SMILES string of the molecule is CCCN(CC(=O)O)Cc1cc(-c2ccc(F)cc2)no1. The average molecular weight is 292 g/mol. The lowest BCUT2D eigenvalue weighted by atomic mass is 10.1. The fourth-order valence-electron chi connectivity index (χ4n) is 2.09. The molecule has 1 aromatic heterocycles. The number of rotatable bonds is 7. The lowest BCUT2D eigenvalue weighted by molar-refractivity contribution is -0.138. The smallest absolute Gasteiger partial charge is 0.317 e. The molecule has 1 N–H and O–H groups in total. The molecule has 0 aliphatic rings. The van der Waals surface area contributed by atoms with E-state index in [-0.39, 0.29) is 12.4 Å². The highest BCUT2D eigenvalue weighted by molar-refractivity contribution is 5.69. The molecule has 0 aliphatic carbocycles. The zero-order chi connectivity index (χ0) is 15.2. The number of halogens is 1. The molecule has 112 valence electrons. The van der Waals surface area contributed by atoms with Crippen LogP contribution in [0.25, 0.3) is 11.3 Å². The van der Waals surface area contributed by atoms with E-state index in [1.807, 2.05) is 6.92 Å². The molecule has 0 aliphatic heterocycles. The predicted molar refractivity (Wildman–Crippen MR) is 75.1 cm³/mol. The molecule has 1 aromatic carbocycles. The molecule has 0 spiro atoms. The number of hydrogen-bond acceptors (Lipinski definition) is 4. The Morgan fingerprint density at radius 1 is 1.38 bits per heavy atom. The van der Waals surface area contributed by atoms with Gasteiger partial charge >= 0.3 is 5.97 Å². The average Bonchev–Trinajstić information content (AvgIpc) is 2.87. The summed E-state index contributed by atoms with van der Waals surface area (Å²) in [5.74, 6) is -0.594. The number of nitrogens with zero attached hydrogens (tertiary/aromatic N) is 2. The van der Waals surface area contributed by atoms with Gasteiger partial charge in [-0.15, -0.1) is 0 Å². The highest BCUT2D eigenvalue weighted by atomic mass is 19.1. The maximum atomic E-state index is 12.9. The van der Waals surface area contributed by atoms with Gasteiger partial charge < -0.3 is 9.63 Å². The van der Waals surface area contributed by atoms with E-state index in [9.17, 15) is 9.18 Å². The Morgan fingerprint density at radius 2 is 2.10 bits per heavy atom. The van der Waals surface area contributed by atoms with E-state index in [0.29, 0.717) is 24.5 Å². The monoisotopic (exact) mass is 292 g/mol. The van der Waals surface area contributed by atoms with Crippen LogP contribution in [0, 0.1) is 5.82 Å². The summed E-state index contributed by atoms with van der Waals surface area (Å²) in [5.41, 5.74) is 1.36. The van der Waals surface area contributed by atoms with Gasteiger partial charge in [-0.3, -0.25) is 9.69 Å². The third-order valence-electron chi connectivity index (χ3n) is 2.98. The molecule has 0 saturated carbocycles. The van der Waals surface area contributed by atoms with Gasteiger partial charge in [0.1, 0.15) is 11.5 Å². The summed E-state index contributed by atoms with van der Waals surface area (Å²) in [6, 6.07) is 7.71. The van der Waals surface area contributed by atoms with E-state index in [1.165, 1.54) is 12.1 Å². The summed E-state index contributed by atoms with van der Waals surface area (Å²) < 4.78 is 18.1. The second-order valence-electron chi connectivity index (χ2n) is 4.79. The molecule has 0 fully saturated rings. The van der Waals surface area contributed by atoms with Crippen molar-refractivity contribution in [3.63, 3.8) is 0 Å². The van der Waals surface area contributed by atoms with Crippen LogP contribution in [0.3, 0.4) is 0 Å². The van der Waals surface area contributed by atoms with Gasteiger partial charge in [0.25, 0.3) is 0 Å². The van der Waals surface area contributed by atoms with Crippen LogP contribution < -0.4 is 0 Å². The Hall–Kier alpha value is -2.21. The Kier molecular flexibility index (Phi) is 5.05. The van der Waals surface area contributed by atoms with Crippen molar-refractivity contribution in [3.8, 4) is 11.3 Å². The number of carboxylic acids is 1. The number of carboxylic acid groups (broad SMARTS) is 1. The maximum absolute atomic E-state index is 12.9. The normalized spacial score (nSPS) is 11.0. The number of carbonyl (C=O) groups is 1. The molecule has 1 heterocycles. The first kappa shape index (κ1) is 15.2. The van der Waals surface area contributed by atoms with Gasteiger partial charge in [-0.1, -0.05) is 12.1 Å². The van der Waals surface area contributed by atoms with E-state index in [2.05, 4.69) is 5.16 Å². The van der Waals surface area contributed by atoms with Crippen molar-refractivity contribution in [2.45, 2.75) is 19.9 Å². The van der Waals surface area contributed by atoms with Gasteiger partial charge in [-0.25, -0.2) is 4.39 Å². The molecule has 6 heteroatoms. The summed E-state index contributed by atoms with van der Waals surface area (Å²) in [4.78, 5) is 12.6. The zero-order valence-electron chi connectivity index (χ0n) is 11.8. The molecular formula is C15H17FN2O3. The van der Waals surface area contributed by atoms with Crippen LogP contribution >= 0.6 is 0 Å². The number of aromatic nitrogens is 1. The topological polar surface area (TPSA) is 66.6 Å². The van der Waals surface area contributed by atoms with Crippen LogP contribution in [0.5, 0.6) is 0 Å². The van der Waals surface area contributed by atoms with Gasteiger partial charge in [0.05, 0.1) is 13.1 Å². The van der Waals surface area contributed by atoms with Crippen LogP contribution in [0.2, 0.25) is 0 Å². The zero-order valence-corrected chi connectivity index (χ0v) is 11.8. The highest BCUT2D eigenvalue weighted by Gasteiger charge is 2.13. The lowest BCUT2D eigenvalue weighted by Crippen LogP contribution is -2.29. The Bertz CT molecular complexity index is 595. The first-order chi connectivity index (χ1) is 10.1. The van der Waals surface area contributed by atoms with Crippen molar-refractivity contribution >= 4 is 5.97 Å². The molecule has 0 bridgehead atoms. The lowest BCUT2D eigenvalue weighted by Gasteiger charge is -2.17. The van der Waals surface area contributed by atoms with Crippen LogP contribution in [0.15, 0.2) is 34.9 Å². The fourth-order valence-corrected chi connectivity index (χ4v) is 2.09. The van der Waals surface area contributed by atoms with Gasteiger partial charge in [0.15, 0.2) is 5.76 Å². The van der Waals surface area contributed by atoms with Gasteiger partial charge in [0.2, 0.25) is 0 Å². The second-order valence-corrected chi connectivity index (χ2v) is 4.79. The van der Waals surface area contributed by atoms with E-state index in [4.69, 9.17) is 9.63 Å². The number of hydrogen-bond donors (Lipinski definition) is 1. The quantitative estimate of drug-likeness (QED) is 0.850. The third kappa shape index (κ3) is 4.39. The predicted octanol–water partition coefficient (Wildman–Crippen LogP) is 2.78. The van der Waals surface area contributed by atoms with E-state index in [1.54, 1.807) is 23.1 Å². The van der Waals surface area contributed by atoms with Crippen LogP contribution in [0.1, 0.15) is 19.1 Å². The summed E-state index contributed by atoms with van der Waals surface area (Å²) in [6.45, 7) is 2.99. The first-order valence-corrected chi connectivity index (χ1v) is 6.74. The second kappa shape index (κ2) is 6.99. The van der Waals surface area contributed by atoms with Gasteiger partial charge in [-0.2, -0.15) is 0 Å². The number of benzene rings is 1. The Labute approximate surface area is 122 Å². The Balaban J connectivity index is 2.07. The van der Waals surface area contributed by atoms with E-state index >= 15 is 0 Å². The van der Waals surface area contributed by atoms with Crippen LogP contribution in [-0.4, -0.2) is 34.2 Å². The van der Waals surface area contributed by atoms with Crippen LogP contribution in [0.4, 0.5) is 4.39 Å². The largest absolute Gasteiger partial charge is 0.480 e. The van der Waals surface area contributed by atoms with E-state index < -0.39 is 5.97 Å². The molecule has 0 unspecified atom stereocenters. The molecule has 0 saturated heterocycles. The van der Waals surface area contributed by atoms with E-state index in [0.717, 1.165) is 12.0 Å². The van der Waals surface area contributed by atoms with Crippen molar-refractivity contribution in [3.05, 3.63) is 41.9 Å². The summed E-state index contributed by atoms with van der Waals surface area (Å²) in [5, 5.41) is 12.8. The minimum absolute atomic E-state index is 0.0412. The summed E-state index contributed by atoms with van der Waals surface area (Å²) in [7, 11) is 0. The molecule has 5 nitrogen and oxygen atoms in total.